The Morgan fingerprint density at radius 1 is 0.971 bits per heavy atom. The van der Waals surface area contributed by atoms with Crippen LogP contribution in [0.1, 0.15) is 46.3 Å². The van der Waals surface area contributed by atoms with Crippen LogP contribution in [0.25, 0.3) is 0 Å². The van der Waals surface area contributed by atoms with Crippen LogP contribution in [0.15, 0.2) is 60.9 Å². The van der Waals surface area contributed by atoms with Gasteiger partial charge in [0.25, 0.3) is 5.91 Å². The summed E-state index contributed by atoms with van der Waals surface area (Å²) in [6.45, 7) is 6.20. The Bertz CT molecular complexity index is 1160. The van der Waals surface area contributed by atoms with Gasteiger partial charge in [0.1, 0.15) is 0 Å². The SMILES string of the molecule is Cc1ccc(NC(=O)Nc2ccc(N3CCCCC3)c(C(=O)NCc3cccnc3)c2)c(C)c1. The number of nitrogens with one attached hydrogen (secondary N) is 3. The molecule has 176 valence electrons. The first-order valence-corrected chi connectivity index (χ1v) is 11.7. The Labute approximate surface area is 200 Å². The molecule has 7 heteroatoms. The highest BCUT2D eigenvalue weighted by atomic mass is 16.2. The average Bonchev–Trinajstić information content (AvgIpc) is 2.85. The fourth-order valence-corrected chi connectivity index (χ4v) is 4.22. The molecule has 3 amide bonds. The first-order valence-electron chi connectivity index (χ1n) is 11.7. The highest BCUT2D eigenvalue weighted by molar-refractivity contribution is 6.04. The normalized spacial score (nSPS) is 13.3. The van der Waals surface area contributed by atoms with Gasteiger partial charge in [-0.2, -0.15) is 0 Å². The van der Waals surface area contributed by atoms with Crippen LogP contribution in [-0.4, -0.2) is 30.0 Å². The number of nitrogens with zero attached hydrogens (tertiary/aromatic N) is 2. The molecule has 7 nitrogen and oxygen atoms in total. The molecule has 0 aliphatic carbocycles. The zero-order chi connectivity index (χ0) is 23.9. The third kappa shape index (κ3) is 5.92. The van der Waals surface area contributed by atoms with E-state index >= 15 is 0 Å². The molecule has 1 aromatic heterocycles. The quantitative estimate of drug-likeness (QED) is 0.471. The minimum Gasteiger partial charge on any atom is -0.371 e. The molecule has 2 aromatic carbocycles. The van der Waals surface area contributed by atoms with E-state index in [1.54, 1.807) is 18.5 Å². The van der Waals surface area contributed by atoms with Crippen LogP contribution in [0.4, 0.5) is 21.9 Å². The van der Waals surface area contributed by atoms with Gasteiger partial charge in [-0.25, -0.2) is 4.79 Å². The molecule has 3 aromatic rings. The zero-order valence-electron chi connectivity index (χ0n) is 19.7. The van der Waals surface area contributed by atoms with Gasteiger partial charge >= 0.3 is 6.03 Å². The van der Waals surface area contributed by atoms with Crippen molar-refractivity contribution in [2.45, 2.75) is 39.7 Å². The molecule has 1 fully saturated rings. The van der Waals surface area contributed by atoms with Gasteiger partial charge in [0, 0.05) is 49.1 Å². The minimum absolute atomic E-state index is 0.178. The molecular weight excluding hydrogens is 426 g/mol. The number of pyridine rings is 1. The number of benzene rings is 2. The number of carbonyl (C=O) groups is 2. The van der Waals surface area contributed by atoms with Crippen molar-refractivity contribution in [3.05, 3.63) is 83.2 Å². The van der Waals surface area contributed by atoms with Crippen LogP contribution < -0.4 is 20.9 Å². The molecule has 1 aliphatic rings. The first kappa shape index (κ1) is 23.3. The van der Waals surface area contributed by atoms with Crippen LogP contribution in [-0.2, 0) is 6.54 Å². The fourth-order valence-electron chi connectivity index (χ4n) is 4.22. The molecule has 0 saturated carbocycles. The summed E-state index contributed by atoms with van der Waals surface area (Å²) >= 11 is 0. The Balaban J connectivity index is 1.52. The third-order valence-electron chi connectivity index (χ3n) is 6.00. The molecule has 0 atom stereocenters. The molecule has 2 heterocycles. The maximum absolute atomic E-state index is 13.2. The average molecular weight is 458 g/mol. The summed E-state index contributed by atoms with van der Waals surface area (Å²) in [6.07, 6.45) is 6.86. The van der Waals surface area contributed by atoms with E-state index in [2.05, 4.69) is 25.8 Å². The van der Waals surface area contributed by atoms with E-state index in [0.717, 1.165) is 54.0 Å². The number of amides is 3. The van der Waals surface area contributed by atoms with E-state index in [0.29, 0.717) is 17.8 Å². The number of carbonyl (C=O) groups excluding carboxylic acids is 2. The molecule has 1 aliphatic heterocycles. The topological polar surface area (TPSA) is 86.4 Å². The van der Waals surface area contributed by atoms with Crippen LogP contribution in [0.5, 0.6) is 0 Å². The van der Waals surface area contributed by atoms with Crippen molar-refractivity contribution >= 4 is 29.0 Å². The number of urea groups is 1. The molecule has 0 spiro atoms. The van der Waals surface area contributed by atoms with E-state index in [1.807, 2.05) is 56.3 Å². The van der Waals surface area contributed by atoms with E-state index < -0.39 is 0 Å². The Morgan fingerprint density at radius 2 is 1.79 bits per heavy atom. The van der Waals surface area contributed by atoms with Gasteiger partial charge in [-0.3, -0.25) is 9.78 Å². The standard InChI is InChI=1S/C27H31N5O2/c1-19-8-10-24(20(2)15-19)31-27(34)30-22-9-11-25(32-13-4-3-5-14-32)23(16-22)26(33)29-18-21-7-6-12-28-17-21/h6-12,15-17H,3-5,13-14,18H2,1-2H3,(H,29,33)(H2,30,31,34). The van der Waals surface area contributed by atoms with Gasteiger partial charge in [0.05, 0.1) is 5.56 Å². The van der Waals surface area contributed by atoms with Gasteiger partial charge in [-0.1, -0.05) is 23.8 Å². The van der Waals surface area contributed by atoms with E-state index in [9.17, 15) is 9.59 Å². The van der Waals surface area contributed by atoms with Gasteiger partial charge in [0.15, 0.2) is 0 Å². The number of aromatic nitrogens is 1. The van der Waals surface area contributed by atoms with Crippen molar-refractivity contribution in [2.75, 3.05) is 28.6 Å². The van der Waals surface area contributed by atoms with Crippen molar-refractivity contribution in [3.63, 3.8) is 0 Å². The number of hydrogen-bond acceptors (Lipinski definition) is 4. The van der Waals surface area contributed by atoms with Crippen molar-refractivity contribution < 1.29 is 9.59 Å². The lowest BCUT2D eigenvalue weighted by Crippen LogP contribution is -2.33. The summed E-state index contributed by atoms with van der Waals surface area (Å²) in [4.78, 5) is 32.2. The van der Waals surface area contributed by atoms with Gasteiger partial charge in [-0.05, 0) is 74.6 Å². The van der Waals surface area contributed by atoms with Crippen molar-refractivity contribution in [1.82, 2.24) is 10.3 Å². The van der Waals surface area contributed by atoms with E-state index in [1.165, 1.54) is 6.42 Å². The van der Waals surface area contributed by atoms with E-state index in [4.69, 9.17) is 0 Å². The molecule has 0 radical (unpaired) electrons. The molecule has 34 heavy (non-hydrogen) atoms. The van der Waals surface area contributed by atoms with Gasteiger partial charge in [-0.15, -0.1) is 0 Å². The maximum atomic E-state index is 13.2. The number of piperidine rings is 1. The van der Waals surface area contributed by atoms with Crippen molar-refractivity contribution in [2.24, 2.45) is 0 Å². The number of hydrogen-bond donors (Lipinski definition) is 3. The largest absolute Gasteiger partial charge is 0.371 e. The maximum Gasteiger partial charge on any atom is 0.323 e. The second kappa shape index (κ2) is 10.8. The lowest BCUT2D eigenvalue weighted by Gasteiger charge is -2.30. The molecule has 0 unspecified atom stereocenters. The van der Waals surface area contributed by atoms with Crippen LogP contribution in [0.3, 0.4) is 0 Å². The number of anilines is 3. The van der Waals surface area contributed by atoms with Gasteiger partial charge in [0.2, 0.25) is 0 Å². The number of rotatable bonds is 6. The smallest absolute Gasteiger partial charge is 0.323 e. The summed E-state index contributed by atoms with van der Waals surface area (Å²) in [6, 6.07) is 14.8. The number of aryl methyl sites for hydroxylation is 2. The van der Waals surface area contributed by atoms with Crippen molar-refractivity contribution in [3.8, 4) is 0 Å². The summed E-state index contributed by atoms with van der Waals surface area (Å²) in [7, 11) is 0. The van der Waals surface area contributed by atoms with Crippen LogP contribution >= 0.6 is 0 Å². The Morgan fingerprint density at radius 3 is 2.53 bits per heavy atom. The second-order valence-electron chi connectivity index (χ2n) is 8.72. The molecule has 4 rings (SSSR count). The van der Waals surface area contributed by atoms with Crippen molar-refractivity contribution in [1.29, 1.82) is 0 Å². The predicted octanol–water partition coefficient (Wildman–Crippen LogP) is 5.26. The summed E-state index contributed by atoms with van der Waals surface area (Å²) in [5.41, 5.74) is 5.82. The molecular formula is C27H31N5O2. The lowest BCUT2D eigenvalue weighted by atomic mass is 10.1. The lowest BCUT2D eigenvalue weighted by molar-refractivity contribution is 0.0951. The summed E-state index contributed by atoms with van der Waals surface area (Å²) in [5, 5.41) is 8.76. The Hall–Kier alpha value is -3.87. The van der Waals surface area contributed by atoms with E-state index in [-0.39, 0.29) is 11.9 Å². The zero-order valence-corrected chi connectivity index (χ0v) is 19.7. The fraction of sp³-hybridized carbons (Fsp3) is 0.296. The minimum atomic E-state index is -0.348. The monoisotopic (exact) mass is 457 g/mol. The van der Waals surface area contributed by atoms with Crippen LogP contribution in [0, 0.1) is 13.8 Å². The van der Waals surface area contributed by atoms with Gasteiger partial charge < -0.3 is 20.9 Å². The van der Waals surface area contributed by atoms with Crippen LogP contribution in [0.2, 0.25) is 0 Å². The Kier molecular flexibility index (Phi) is 7.42. The molecule has 1 saturated heterocycles. The highest BCUT2D eigenvalue weighted by Crippen LogP contribution is 2.27. The summed E-state index contributed by atoms with van der Waals surface area (Å²) < 4.78 is 0. The molecule has 0 bridgehead atoms. The predicted molar refractivity (Wildman–Crippen MR) is 136 cm³/mol. The molecule has 3 N–H and O–H groups in total. The third-order valence-corrected chi connectivity index (χ3v) is 6.00. The highest BCUT2D eigenvalue weighted by Gasteiger charge is 2.20. The first-order chi connectivity index (χ1) is 16.5. The summed E-state index contributed by atoms with van der Waals surface area (Å²) in [5.74, 6) is -0.178. The second-order valence-corrected chi connectivity index (χ2v) is 8.72.